The van der Waals surface area contributed by atoms with Crippen LogP contribution in [0.15, 0.2) is 5.03 Å². The van der Waals surface area contributed by atoms with Gasteiger partial charge in [-0.3, -0.25) is 0 Å². The number of carbonyl (C=O) groups excluding carboxylic acids is 2. The molecule has 3 unspecified atom stereocenters. The molecule has 3 aliphatic rings. The van der Waals surface area contributed by atoms with Crippen LogP contribution in [0.2, 0.25) is 0 Å². The zero-order valence-electron chi connectivity index (χ0n) is 12.7. The van der Waals surface area contributed by atoms with E-state index in [4.69, 9.17) is 9.47 Å². The Balaban J connectivity index is 1.55. The van der Waals surface area contributed by atoms with Crippen molar-refractivity contribution < 1.29 is 19.1 Å². The van der Waals surface area contributed by atoms with Crippen molar-refractivity contribution in [1.82, 2.24) is 13.6 Å². The fourth-order valence-corrected chi connectivity index (χ4v) is 5.24. The summed E-state index contributed by atoms with van der Waals surface area (Å²) in [5.74, 6) is -1.24. The van der Waals surface area contributed by atoms with Crippen LogP contribution in [-0.4, -0.2) is 50.3 Å². The Kier molecular flexibility index (Phi) is 3.81. The molecule has 2 bridgehead atoms. The van der Waals surface area contributed by atoms with E-state index in [9.17, 15) is 9.59 Å². The summed E-state index contributed by atoms with van der Waals surface area (Å²) in [6.07, 6.45) is 2.47. The van der Waals surface area contributed by atoms with Crippen LogP contribution in [0, 0.1) is 5.92 Å². The van der Waals surface area contributed by atoms with E-state index in [1.54, 1.807) is 11.8 Å². The summed E-state index contributed by atoms with van der Waals surface area (Å²) in [6.45, 7) is 3.57. The quantitative estimate of drug-likeness (QED) is 0.458. The molecule has 0 aliphatic carbocycles. The van der Waals surface area contributed by atoms with Crippen molar-refractivity contribution in [3.63, 3.8) is 0 Å². The minimum absolute atomic E-state index is 0.255. The summed E-state index contributed by atoms with van der Waals surface area (Å²) >= 11 is 3.00. The van der Waals surface area contributed by atoms with E-state index < -0.39 is 17.8 Å². The zero-order valence-corrected chi connectivity index (χ0v) is 14.3. The second kappa shape index (κ2) is 5.71. The highest BCUT2D eigenvalue weighted by Crippen LogP contribution is 2.48. The van der Waals surface area contributed by atoms with E-state index in [0.717, 1.165) is 35.9 Å². The SMILES string of the molecule is CCCSc1nsnc1C1CN2CC1CCC21OC(=O)C(=O)O1. The van der Waals surface area contributed by atoms with Gasteiger partial charge in [-0.05, 0) is 24.5 Å². The fraction of sp³-hybridized carbons (Fsp3) is 0.714. The average Bonchev–Trinajstić information content (AvgIpc) is 3.20. The molecule has 3 saturated heterocycles. The molecule has 124 valence electrons. The van der Waals surface area contributed by atoms with Gasteiger partial charge in [-0.2, -0.15) is 8.75 Å². The molecule has 0 radical (unpaired) electrons. The maximum absolute atomic E-state index is 11.5. The highest BCUT2D eigenvalue weighted by Gasteiger charge is 2.59. The third-order valence-electron chi connectivity index (χ3n) is 4.70. The van der Waals surface area contributed by atoms with Gasteiger partial charge < -0.3 is 9.47 Å². The molecule has 0 amide bonds. The lowest BCUT2D eigenvalue weighted by Gasteiger charge is -2.37. The molecule has 0 N–H and O–H groups in total. The Bertz CT molecular complexity index is 634. The molecular weight excluding hydrogens is 338 g/mol. The normalized spacial score (nSPS) is 31.4. The molecule has 4 heterocycles. The van der Waals surface area contributed by atoms with Gasteiger partial charge in [0, 0.05) is 25.4 Å². The topological polar surface area (TPSA) is 81.6 Å². The highest BCUT2D eigenvalue weighted by molar-refractivity contribution is 7.99. The standard InChI is InChI=1S/C14H17N3O4S2/c1-2-5-22-11-10(15-23-16-11)9-7-17-6-8(9)3-4-14(17)20-12(18)13(19)21-14/h8-9H,2-7H2,1H3. The summed E-state index contributed by atoms with van der Waals surface area (Å²) < 4.78 is 19.5. The molecule has 1 aromatic rings. The number of hydrogen-bond donors (Lipinski definition) is 0. The van der Waals surface area contributed by atoms with Crippen LogP contribution < -0.4 is 0 Å². The third-order valence-corrected chi connectivity index (χ3v) is 6.55. The first-order valence-electron chi connectivity index (χ1n) is 7.79. The Hall–Kier alpha value is -1.19. The molecular formula is C14H17N3O4S2. The minimum Gasteiger partial charge on any atom is -0.400 e. The Labute approximate surface area is 142 Å². The van der Waals surface area contributed by atoms with Gasteiger partial charge in [0.1, 0.15) is 5.03 Å². The van der Waals surface area contributed by atoms with Crippen molar-refractivity contribution in [3.05, 3.63) is 5.69 Å². The highest BCUT2D eigenvalue weighted by atomic mass is 32.2. The van der Waals surface area contributed by atoms with Crippen molar-refractivity contribution in [3.8, 4) is 0 Å². The summed E-state index contributed by atoms with van der Waals surface area (Å²) in [5.41, 5.74) is 1.05. The van der Waals surface area contributed by atoms with Gasteiger partial charge in [0.25, 0.3) is 0 Å². The summed E-state index contributed by atoms with van der Waals surface area (Å²) in [4.78, 5) is 24.9. The number of thioether (sulfide) groups is 1. The summed E-state index contributed by atoms with van der Waals surface area (Å²) in [7, 11) is 0. The molecule has 3 fully saturated rings. The van der Waals surface area contributed by atoms with Crippen LogP contribution >= 0.6 is 23.5 Å². The van der Waals surface area contributed by atoms with Gasteiger partial charge in [-0.15, -0.1) is 11.8 Å². The van der Waals surface area contributed by atoms with Crippen molar-refractivity contribution in [1.29, 1.82) is 0 Å². The number of aromatic nitrogens is 2. The van der Waals surface area contributed by atoms with E-state index in [-0.39, 0.29) is 5.92 Å². The van der Waals surface area contributed by atoms with Gasteiger partial charge in [0.2, 0.25) is 0 Å². The van der Waals surface area contributed by atoms with Crippen LogP contribution in [-0.2, 0) is 19.1 Å². The number of hydrogen-bond acceptors (Lipinski definition) is 9. The van der Waals surface area contributed by atoms with Gasteiger partial charge >= 0.3 is 17.8 Å². The van der Waals surface area contributed by atoms with Crippen LogP contribution in [0.1, 0.15) is 37.8 Å². The molecule has 0 aromatic carbocycles. The first-order valence-corrected chi connectivity index (χ1v) is 9.51. The van der Waals surface area contributed by atoms with E-state index in [1.165, 1.54) is 11.7 Å². The van der Waals surface area contributed by atoms with E-state index in [2.05, 4.69) is 15.7 Å². The van der Waals surface area contributed by atoms with E-state index in [1.807, 2.05) is 4.90 Å². The number of piperidine rings is 1. The maximum Gasteiger partial charge on any atom is 0.421 e. The predicted octanol–water partition coefficient (Wildman–Crippen LogP) is 1.60. The molecule has 3 atom stereocenters. The first-order chi connectivity index (χ1) is 11.1. The van der Waals surface area contributed by atoms with Crippen molar-refractivity contribution in [2.24, 2.45) is 5.92 Å². The van der Waals surface area contributed by atoms with Crippen molar-refractivity contribution in [2.75, 3.05) is 18.8 Å². The maximum atomic E-state index is 11.5. The van der Waals surface area contributed by atoms with Crippen molar-refractivity contribution >= 4 is 35.4 Å². The summed E-state index contributed by atoms with van der Waals surface area (Å²) in [6, 6.07) is 0. The Morgan fingerprint density at radius 1 is 1.30 bits per heavy atom. The fourth-order valence-electron chi connectivity index (χ4n) is 3.62. The second-order valence-electron chi connectivity index (χ2n) is 6.11. The van der Waals surface area contributed by atoms with Crippen LogP contribution in [0.4, 0.5) is 0 Å². The molecule has 1 aromatic heterocycles. The molecule has 7 nitrogen and oxygen atoms in total. The predicted molar refractivity (Wildman–Crippen MR) is 82.9 cm³/mol. The second-order valence-corrected chi connectivity index (χ2v) is 7.72. The molecule has 4 rings (SSSR count). The van der Waals surface area contributed by atoms with Gasteiger partial charge in [-0.25, -0.2) is 14.5 Å². The van der Waals surface area contributed by atoms with Gasteiger partial charge in [-0.1, -0.05) is 6.92 Å². The van der Waals surface area contributed by atoms with E-state index in [0.29, 0.717) is 18.9 Å². The lowest BCUT2D eigenvalue weighted by atomic mass is 9.88. The van der Waals surface area contributed by atoms with Gasteiger partial charge in [0.05, 0.1) is 17.4 Å². The zero-order chi connectivity index (χ0) is 16.0. The molecule has 3 aliphatic heterocycles. The molecule has 0 saturated carbocycles. The van der Waals surface area contributed by atoms with Crippen LogP contribution in [0.5, 0.6) is 0 Å². The first kappa shape index (κ1) is 15.3. The number of rotatable bonds is 4. The average molecular weight is 355 g/mol. The number of esters is 2. The summed E-state index contributed by atoms with van der Waals surface area (Å²) in [5, 5.41) is 1.02. The minimum atomic E-state index is -1.18. The molecule has 1 spiro atoms. The third kappa shape index (κ3) is 2.45. The Morgan fingerprint density at radius 3 is 2.83 bits per heavy atom. The lowest BCUT2D eigenvalue weighted by molar-refractivity contribution is -0.257. The largest absolute Gasteiger partial charge is 0.421 e. The molecule has 23 heavy (non-hydrogen) atoms. The smallest absolute Gasteiger partial charge is 0.400 e. The monoisotopic (exact) mass is 355 g/mol. The Morgan fingerprint density at radius 2 is 2.09 bits per heavy atom. The van der Waals surface area contributed by atoms with Crippen LogP contribution in [0.3, 0.4) is 0 Å². The molecule has 9 heteroatoms. The van der Waals surface area contributed by atoms with Gasteiger partial charge in [0.15, 0.2) is 0 Å². The van der Waals surface area contributed by atoms with E-state index >= 15 is 0 Å². The van der Waals surface area contributed by atoms with Crippen LogP contribution in [0.25, 0.3) is 0 Å². The van der Waals surface area contributed by atoms with Crippen molar-refractivity contribution in [2.45, 2.75) is 43.0 Å². The lowest BCUT2D eigenvalue weighted by Crippen LogP contribution is -2.51. The number of nitrogens with zero attached hydrogens (tertiary/aromatic N) is 3. The number of ether oxygens (including phenoxy) is 2. The number of fused-ring (bicyclic) bond motifs is 3. The number of carbonyl (C=O) groups is 2.